The minimum absolute atomic E-state index is 0.0119. The molecule has 12 heteroatoms. The number of nitrogens with zero attached hydrogens (tertiary/aromatic N) is 2. The van der Waals surface area contributed by atoms with Crippen LogP contribution in [0.1, 0.15) is 21.5 Å². The van der Waals surface area contributed by atoms with Gasteiger partial charge in [-0.1, -0.05) is 11.6 Å². The van der Waals surface area contributed by atoms with Gasteiger partial charge < -0.3 is 5.11 Å². The number of phenolic OH excluding ortho intramolecular Hbond substituents is 1. The van der Waals surface area contributed by atoms with E-state index >= 15 is 0 Å². The van der Waals surface area contributed by atoms with E-state index < -0.39 is 27.7 Å². The number of carbonyl (C=O) groups excluding carboxylic acids is 1. The Balaban J connectivity index is 1.71. The van der Waals surface area contributed by atoms with E-state index in [-0.39, 0.29) is 21.2 Å². The maximum Gasteiger partial charge on any atom is 0.416 e. The number of hydrazone groups is 1. The fraction of sp³-hybridized carbons (Fsp3) is 0.0526. The molecule has 0 saturated carbocycles. The van der Waals surface area contributed by atoms with Crippen molar-refractivity contribution in [3.05, 3.63) is 82.6 Å². The number of hydrogen-bond acceptors (Lipinski definition) is 5. The van der Waals surface area contributed by atoms with Gasteiger partial charge in [-0.25, -0.2) is 17.8 Å². The molecule has 2 N–H and O–H groups in total. The van der Waals surface area contributed by atoms with Crippen molar-refractivity contribution in [1.29, 1.82) is 0 Å². The van der Waals surface area contributed by atoms with Gasteiger partial charge in [0.2, 0.25) is 0 Å². The summed E-state index contributed by atoms with van der Waals surface area (Å²) in [5.74, 6) is -0.799. The molecule has 0 radical (unpaired) electrons. The maximum absolute atomic E-state index is 12.6. The van der Waals surface area contributed by atoms with Gasteiger partial charge in [0.15, 0.2) is 0 Å². The number of alkyl halides is 3. The first-order valence-corrected chi connectivity index (χ1v) is 10.2. The fourth-order valence-corrected chi connectivity index (χ4v) is 3.82. The lowest BCUT2D eigenvalue weighted by molar-refractivity contribution is -0.137. The third-order valence-corrected chi connectivity index (χ3v) is 5.99. The van der Waals surface area contributed by atoms with Gasteiger partial charge in [0.1, 0.15) is 5.75 Å². The van der Waals surface area contributed by atoms with Crippen molar-refractivity contribution in [1.82, 2.24) is 9.40 Å². The normalized spacial score (nSPS) is 12.3. The van der Waals surface area contributed by atoms with Crippen molar-refractivity contribution in [3.8, 4) is 5.75 Å². The molecule has 0 spiro atoms. The molecular formula is C19H13ClF3N3O4S. The average molecular weight is 472 g/mol. The molecule has 0 aliphatic heterocycles. The molecule has 0 aliphatic rings. The van der Waals surface area contributed by atoms with Crippen LogP contribution in [0.15, 0.2) is 70.9 Å². The zero-order valence-electron chi connectivity index (χ0n) is 15.3. The molecule has 0 fully saturated rings. The van der Waals surface area contributed by atoms with Gasteiger partial charge in [-0.05, 0) is 48.5 Å². The predicted molar refractivity (Wildman–Crippen MR) is 107 cm³/mol. The molecule has 1 heterocycles. The Morgan fingerprint density at radius 2 is 1.81 bits per heavy atom. The van der Waals surface area contributed by atoms with Crippen molar-refractivity contribution in [3.63, 3.8) is 0 Å². The monoisotopic (exact) mass is 471 g/mol. The predicted octanol–water partition coefficient (Wildman–Crippen LogP) is 3.87. The highest BCUT2D eigenvalue weighted by Crippen LogP contribution is 2.30. The third-order valence-electron chi connectivity index (χ3n) is 4.04. The number of halogens is 4. The minimum Gasteiger partial charge on any atom is -0.506 e. The van der Waals surface area contributed by atoms with E-state index in [2.05, 4.69) is 10.5 Å². The lowest BCUT2D eigenvalue weighted by atomic mass is 10.2. The summed E-state index contributed by atoms with van der Waals surface area (Å²) in [7, 11) is -4.11. The summed E-state index contributed by atoms with van der Waals surface area (Å²) >= 11 is 5.73. The number of aromatic hydroxyl groups is 1. The molecule has 0 atom stereocenters. The van der Waals surface area contributed by atoms with E-state index in [0.717, 1.165) is 16.1 Å². The number of amides is 1. The van der Waals surface area contributed by atoms with Crippen LogP contribution in [0, 0.1) is 0 Å². The van der Waals surface area contributed by atoms with E-state index in [9.17, 15) is 31.5 Å². The Kier molecular flexibility index (Phi) is 6.09. The van der Waals surface area contributed by atoms with Crippen LogP contribution < -0.4 is 5.43 Å². The summed E-state index contributed by atoms with van der Waals surface area (Å²) < 4.78 is 63.9. The van der Waals surface area contributed by atoms with Gasteiger partial charge in [-0.15, -0.1) is 0 Å². The van der Waals surface area contributed by atoms with Crippen LogP contribution in [0.2, 0.25) is 5.02 Å². The number of carbonyl (C=O) groups is 1. The highest BCUT2D eigenvalue weighted by Gasteiger charge is 2.30. The van der Waals surface area contributed by atoms with Crippen LogP contribution >= 0.6 is 11.6 Å². The van der Waals surface area contributed by atoms with Gasteiger partial charge in [-0.3, -0.25) is 4.79 Å². The Morgan fingerprint density at radius 1 is 1.13 bits per heavy atom. The van der Waals surface area contributed by atoms with Crippen molar-refractivity contribution in [2.45, 2.75) is 11.1 Å². The highest BCUT2D eigenvalue weighted by molar-refractivity contribution is 7.90. The van der Waals surface area contributed by atoms with Crippen molar-refractivity contribution in [2.24, 2.45) is 5.10 Å². The second-order valence-electron chi connectivity index (χ2n) is 6.17. The zero-order valence-corrected chi connectivity index (χ0v) is 16.9. The van der Waals surface area contributed by atoms with Crippen LogP contribution in [0.25, 0.3) is 0 Å². The summed E-state index contributed by atoms with van der Waals surface area (Å²) in [6, 6.07) is 8.31. The standard InChI is InChI=1S/C19H13ClF3N3O4S/c20-16-9-13(1-6-17(16)27)18(28)25-24-10-12-7-8-26(11-12)31(29,30)15-4-2-14(3-5-15)19(21,22)23/h1-11,27H,(H,25,28)/b24-10+. The van der Waals surface area contributed by atoms with Crippen LogP contribution in [-0.2, 0) is 16.2 Å². The summed E-state index contributed by atoms with van der Waals surface area (Å²) in [6.07, 6.45) is -1.02. The number of benzene rings is 2. The number of aromatic nitrogens is 1. The lowest BCUT2D eigenvalue weighted by Crippen LogP contribution is -2.17. The fourth-order valence-electron chi connectivity index (χ4n) is 2.43. The zero-order chi connectivity index (χ0) is 22.8. The summed E-state index contributed by atoms with van der Waals surface area (Å²) in [4.78, 5) is 11.7. The van der Waals surface area contributed by atoms with E-state index in [1.165, 1.54) is 42.9 Å². The molecule has 0 saturated heterocycles. The van der Waals surface area contributed by atoms with Crippen LogP contribution in [0.5, 0.6) is 5.75 Å². The summed E-state index contributed by atoms with van der Waals surface area (Å²) in [5.41, 5.74) is 1.70. The van der Waals surface area contributed by atoms with Gasteiger partial charge in [0.05, 0.1) is 21.7 Å². The van der Waals surface area contributed by atoms with Crippen LogP contribution in [0.3, 0.4) is 0 Å². The molecule has 0 unspecified atom stereocenters. The van der Waals surface area contributed by atoms with E-state index in [1.807, 2.05) is 0 Å². The Bertz CT molecular complexity index is 1250. The topological polar surface area (TPSA) is 101 Å². The average Bonchev–Trinajstić information content (AvgIpc) is 3.19. The molecule has 0 aliphatic carbocycles. The van der Waals surface area contributed by atoms with Crippen molar-refractivity contribution < 1.29 is 31.5 Å². The smallest absolute Gasteiger partial charge is 0.416 e. The lowest BCUT2D eigenvalue weighted by Gasteiger charge is -2.09. The van der Waals surface area contributed by atoms with Gasteiger partial charge in [0.25, 0.3) is 15.9 Å². The van der Waals surface area contributed by atoms with Crippen molar-refractivity contribution >= 4 is 33.7 Å². The maximum atomic E-state index is 12.6. The number of rotatable bonds is 5. The molecule has 3 aromatic rings. The van der Waals surface area contributed by atoms with Gasteiger partial charge in [-0.2, -0.15) is 18.3 Å². The minimum atomic E-state index is -4.57. The molecular weight excluding hydrogens is 459 g/mol. The molecule has 3 rings (SSSR count). The van der Waals surface area contributed by atoms with E-state index in [0.29, 0.717) is 17.7 Å². The Morgan fingerprint density at radius 3 is 2.42 bits per heavy atom. The molecule has 1 aromatic heterocycles. The number of nitrogens with one attached hydrogen (secondary N) is 1. The molecule has 162 valence electrons. The van der Waals surface area contributed by atoms with Gasteiger partial charge >= 0.3 is 6.18 Å². The molecule has 2 aromatic carbocycles. The largest absolute Gasteiger partial charge is 0.506 e. The number of phenols is 1. The summed E-state index contributed by atoms with van der Waals surface area (Å²) in [6.45, 7) is 0. The Labute approximate surface area is 179 Å². The SMILES string of the molecule is O=C(N/N=C/c1ccn(S(=O)(=O)c2ccc(C(F)(F)F)cc2)c1)c1ccc(O)c(Cl)c1. The van der Waals surface area contributed by atoms with Crippen LogP contribution in [-0.4, -0.2) is 29.6 Å². The summed E-state index contributed by atoms with van der Waals surface area (Å²) in [5, 5.41) is 13.1. The number of hydrogen-bond donors (Lipinski definition) is 2. The Hall–Kier alpha value is -3.31. The third kappa shape index (κ3) is 5.06. The molecule has 0 bridgehead atoms. The van der Waals surface area contributed by atoms with E-state index in [1.54, 1.807) is 0 Å². The first kappa shape index (κ1) is 22.4. The molecule has 1 amide bonds. The molecule has 31 heavy (non-hydrogen) atoms. The second-order valence-corrected chi connectivity index (χ2v) is 8.42. The quantitative estimate of drug-likeness (QED) is 0.436. The second kappa shape index (κ2) is 8.44. The van der Waals surface area contributed by atoms with E-state index in [4.69, 9.17) is 11.6 Å². The first-order chi connectivity index (χ1) is 14.5. The van der Waals surface area contributed by atoms with Crippen LogP contribution in [0.4, 0.5) is 13.2 Å². The molecule has 7 nitrogen and oxygen atoms in total. The first-order valence-electron chi connectivity index (χ1n) is 8.41. The van der Waals surface area contributed by atoms with Gasteiger partial charge in [0, 0.05) is 23.5 Å². The van der Waals surface area contributed by atoms with Crippen molar-refractivity contribution in [2.75, 3.05) is 0 Å². The highest BCUT2D eigenvalue weighted by atomic mass is 35.5.